The first-order chi connectivity index (χ1) is 14.1. The zero-order valence-electron chi connectivity index (χ0n) is 16.0. The van der Waals surface area contributed by atoms with Gasteiger partial charge in [-0.2, -0.15) is 13.2 Å². The van der Waals surface area contributed by atoms with Gasteiger partial charge < -0.3 is 10.6 Å². The van der Waals surface area contributed by atoms with Crippen molar-refractivity contribution >= 4 is 27.3 Å². The van der Waals surface area contributed by atoms with Gasteiger partial charge in [0, 0.05) is 12.5 Å². The van der Waals surface area contributed by atoms with Gasteiger partial charge in [0.2, 0.25) is 15.9 Å². The molecule has 3 rings (SSSR count). The van der Waals surface area contributed by atoms with Crippen molar-refractivity contribution in [2.24, 2.45) is 0 Å². The number of nitrogens with one attached hydrogen (secondary N) is 3. The van der Waals surface area contributed by atoms with E-state index in [1.165, 1.54) is 24.3 Å². The highest BCUT2D eigenvalue weighted by Crippen LogP contribution is 2.24. The molecule has 1 aliphatic carbocycles. The summed E-state index contributed by atoms with van der Waals surface area (Å²) in [5.74, 6) is -0.358. The highest BCUT2D eigenvalue weighted by atomic mass is 32.2. The van der Waals surface area contributed by atoms with Gasteiger partial charge in [0.15, 0.2) is 0 Å². The Labute approximate surface area is 172 Å². The van der Waals surface area contributed by atoms with Crippen molar-refractivity contribution < 1.29 is 26.4 Å². The minimum atomic E-state index is -4.37. The summed E-state index contributed by atoms with van der Waals surface area (Å²) in [5.41, 5.74) is 1.22. The van der Waals surface area contributed by atoms with Crippen LogP contribution in [0.15, 0.2) is 53.4 Å². The molecule has 3 N–H and O–H groups in total. The van der Waals surface area contributed by atoms with Crippen molar-refractivity contribution in [3.8, 4) is 0 Å². The second kappa shape index (κ2) is 9.05. The van der Waals surface area contributed by atoms with Crippen LogP contribution in [0.1, 0.15) is 24.8 Å². The van der Waals surface area contributed by atoms with Crippen LogP contribution in [-0.4, -0.2) is 33.1 Å². The van der Waals surface area contributed by atoms with Crippen LogP contribution < -0.4 is 15.4 Å². The van der Waals surface area contributed by atoms with Crippen LogP contribution in [0.25, 0.3) is 0 Å². The molecule has 2 aromatic carbocycles. The number of hydrogen-bond acceptors (Lipinski definition) is 4. The number of rotatable bonds is 9. The van der Waals surface area contributed by atoms with Crippen LogP contribution >= 0.6 is 0 Å². The third-order valence-corrected chi connectivity index (χ3v) is 5.99. The first-order valence-electron chi connectivity index (χ1n) is 9.43. The maximum Gasteiger partial charge on any atom is 0.405 e. The van der Waals surface area contributed by atoms with Crippen molar-refractivity contribution in [2.45, 2.75) is 42.8 Å². The van der Waals surface area contributed by atoms with E-state index in [9.17, 15) is 26.4 Å². The van der Waals surface area contributed by atoms with Gasteiger partial charge in [-0.25, -0.2) is 13.1 Å². The van der Waals surface area contributed by atoms with E-state index in [0.29, 0.717) is 6.42 Å². The van der Waals surface area contributed by atoms with Crippen LogP contribution in [0, 0.1) is 0 Å². The minimum absolute atomic E-state index is 0.0203. The molecule has 1 amide bonds. The summed E-state index contributed by atoms with van der Waals surface area (Å²) >= 11 is 0. The Morgan fingerprint density at radius 1 is 1.00 bits per heavy atom. The van der Waals surface area contributed by atoms with Crippen molar-refractivity contribution in [3.05, 3.63) is 54.1 Å². The smallest absolute Gasteiger partial charge is 0.375 e. The molecule has 0 saturated heterocycles. The van der Waals surface area contributed by atoms with Gasteiger partial charge in [0.05, 0.1) is 16.3 Å². The number of benzene rings is 2. The molecule has 0 unspecified atom stereocenters. The van der Waals surface area contributed by atoms with E-state index in [2.05, 4.69) is 15.4 Å². The van der Waals surface area contributed by atoms with Gasteiger partial charge in [-0.3, -0.25) is 4.79 Å². The lowest BCUT2D eigenvalue weighted by atomic mass is 10.1. The number of aryl methyl sites for hydroxylation is 1. The zero-order chi connectivity index (χ0) is 21.8. The summed E-state index contributed by atoms with van der Waals surface area (Å²) in [7, 11) is -3.52. The summed E-state index contributed by atoms with van der Waals surface area (Å²) in [6, 6.07) is 12.5. The number of sulfonamides is 1. The molecule has 10 heteroatoms. The van der Waals surface area contributed by atoms with Gasteiger partial charge >= 0.3 is 6.18 Å². The summed E-state index contributed by atoms with van der Waals surface area (Å²) in [5, 5.41) is 4.87. The van der Waals surface area contributed by atoms with Crippen LogP contribution in [-0.2, 0) is 21.2 Å². The molecule has 162 valence electrons. The normalized spacial score (nSPS) is 14.4. The Morgan fingerprint density at radius 2 is 1.63 bits per heavy atom. The van der Waals surface area contributed by atoms with Crippen molar-refractivity contribution in [1.82, 2.24) is 4.72 Å². The monoisotopic (exact) mass is 441 g/mol. The number of para-hydroxylation sites is 2. The maximum atomic E-state index is 12.4. The molecule has 1 fully saturated rings. The van der Waals surface area contributed by atoms with E-state index < -0.39 is 22.7 Å². The fourth-order valence-corrected chi connectivity index (χ4v) is 4.04. The molecule has 0 bridgehead atoms. The van der Waals surface area contributed by atoms with Gasteiger partial charge in [-0.1, -0.05) is 24.3 Å². The molecule has 1 saturated carbocycles. The van der Waals surface area contributed by atoms with Crippen LogP contribution in [0.5, 0.6) is 0 Å². The zero-order valence-corrected chi connectivity index (χ0v) is 16.8. The average Bonchev–Trinajstić information content (AvgIpc) is 3.49. The highest BCUT2D eigenvalue weighted by Gasteiger charge is 2.28. The van der Waals surface area contributed by atoms with Gasteiger partial charge in [-0.15, -0.1) is 0 Å². The molecule has 30 heavy (non-hydrogen) atoms. The van der Waals surface area contributed by atoms with E-state index >= 15 is 0 Å². The number of amides is 1. The van der Waals surface area contributed by atoms with E-state index in [1.54, 1.807) is 24.3 Å². The molecule has 0 aliphatic heterocycles. The van der Waals surface area contributed by atoms with Crippen molar-refractivity contribution in [3.63, 3.8) is 0 Å². The predicted molar refractivity (Wildman–Crippen MR) is 108 cm³/mol. The van der Waals surface area contributed by atoms with Crippen LogP contribution in [0.3, 0.4) is 0 Å². The quantitative estimate of drug-likeness (QED) is 0.554. The molecule has 1 aliphatic rings. The standard InChI is InChI=1S/C20H22F3N3O3S/c21-20(22,23)13-24-17-3-1-2-4-18(17)25-19(27)12-7-14-5-10-16(11-6-14)30(28,29)26-15-8-9-15/h1-6,10-11,15,24,26H,7-9,12-13H2,(H,25,27). The van der Waals surface area contributed by atoms with Crippen molar-refractivity contribution in [1.29, 1.82) is 0 Å². The topological polar surface area (TPSA) is 87.3 Å². The Morgan fingerprint density at radius 3 is 2.23 bits per heavy atom. The SMILES string of the molecule is O=C(CCc1ccc(S(=O)(=O)NC2CC2)cc1)Nc1ccccc1NCC(F)(F)F. The summed E-state index contributed by atoms with van der Waals surface area (Å²) in [6.07, 6.45) is -2.21. The number of anilines is 2. The Balaban J connectivity index is 1.54. The Bertz CT molecular complexity index is 988. The molecule has 6 nitrogen and oxygen atoms in total. The molecule has 0 atom stereocenters. The van der Waals surface area contributed by atoms with Crippen LogP contribution in [0.4, 0.5) is 24.5 Å². The summed E-state index contributed by atoms with van der Waals surface area (Å²) < 4.78 is 64.2. The molecule has 2 aromatic rings. The Hall–Kier alpha value is -2.59. The van der Waals surface area contributed by atoms with E-state index in [4.69, 9.17) is 0 Å². The van der Waals surface area contributed by atoms with Gasteiger partial charge in [0.25, 0.3) is 0 Å². The summed E-state index contributed by atoms with van der Waals surface area (Å²) in [4.78, 5) is 12.4. The van der Waals surface area contributed by atoms with E-state index in [1.807, 2.05) is 0 Å². The first kappa shape index (κ1) is 22.1. The number of carbonyl (C=O) groups is 1. The second-order valence-corrected chi connectivity index (χ2v) is 8.82. The number of hydrogen-bond donors (Lipinski definition) is 3. The first-order valence-corrected chi connectivity index (χ1v) is 10.9. The lowest BCUT2D eigenvalue weighted by Gasteiger charge is -2.14. The number of alkyl halides is 3. The lowest BCUT2D eigenvalue weighted by molar-refractivity contribution is -0.116. The van der Waals surface area contributed by atoms with E-state index in [-0.39, 0.29) is 34.6 Å². The number of carbonyl (C=O) groups excluding carboxylic acids is 1. The molecule has 0 heterocycles. The fraction of sp³-hybridized carbons (Fsp3) is 0.350. The molecule has 0 spiro atoms. The summed E-state index contributed by atoms with van der Waals surface area (Å²) in [6.45, 7) is -1.20. The molecular formula is C20H22F3N3O3S. The van der Waals surface area contributed by atoms with Crippen molar-refractivity contribution in [2.75, 3.05) is 17.2 Å². The maximum absolute atomic E-state index is 12.4. The second-order valence-electron chi connectivity index (χ2n) is 7.10. The minimum Gasteiger partial charge on any atom is -0.375 e. The number of halogens is 3. The third kappa shape index (κ3) is 6.74. The third-order valence-electron chi connectivity index (χ3n) is 4.45. The highest BCUT2D eigenvalue weighted by molar-refractivity contribution is 7.89. The fourth-order valence-electron chi connectivity index (χ4n) is 2.74. The molecule has 0 radical (unpaired) electrons. The molecular weight excluding hydrogens is 419 g/mol. The van der Waals surface area contributed by atoms with Crippen LogP contribution in [0.2, 0.25) is 0 Å². The van der Waals surface area contributed by atoms with Gasteiger partial charge in [0.1, 0.15) is 6.54 Å². The predicted octanol–water partition coefficient (Wildman–Crippen LogP) is 3.67. The lowest BCUT2D eigenvalue weighted by Crippen LogP contribution is -2.25. The van der Waals surface area contributed by atoms with Gasteiger partial charge in [-0.05, 0) is 49.1 Å². The van der Waals surface area contributed by atoms with E-state index in [0.717, 1.165) is 18.4 Å². The largest absolute Gasteiger partial charge is 0.405 e. The average molecular weight is 441 g/mol. The molecule has 0 aromatic heterocycles. The Kier molecular flexibility index (Phi) is 6.67.